The van der Waals surface area contributed by atoms with Gasteiger partial charge in [-0.1, -0.05) is 58.3 Å². The van der Waals surface area contributed by atoms with Crippen molar-refractivity contribution in [2.75, 3.05) is 0 Å². The molecule has 0 heterocycles. The molecule has 0 amide bonds. The van der Waals surface area contributed by atoms with E-state index < -0.39 is 5.97 Å². The molecule has 0 aromatic heterocycles. The van der Waals surface area contributed by atoms with Crippen molar-refractivity contribution >= 4 is 35.5 Å². The molecule has 0 saturated carbocycles. The van der Waals surface area contributed by atoms with Crippen LogP contribution in [0.1, 0.15) is 71.1 Å². The summed E-state index contributed by atoms with van der Waals surface area (Å²) < 4.78 is 0. The molecule has 0 spiro atoms. The summed E-state index contributed by atoms with van der Waals surface area (Å²) in [7, 11) is 0. The van der Waals surface area contributed by atoms with E-state index in [1.54, 1.807) is 0 Å². The number of rotatable bonds is 10. The zero-order chi connectivity index (χ0) is 10.6. The quantitative estimate of drug-likeness (QED) is 0.494. The van der Waals surface area contributed by atoms with E-state index in [4.69, 9.17) is 5.11 Å². The summed E-state index contributed by atoms with van der Waals surface area (Å²) in [5, 5.41) is 8.41. The van der Waals surface area contributed by atoms with Crippen molar-refractivity contribution in [1.29, 1.82) is 0 Å². The Morgan fingerprint density at radius 2 is 1.25 bits per heavy atom. The number of hydrogen-bond donors (Lipinski definition) is 1. The predicted octanol–water partition coefficient (Wildman–Crippen LogP) is 3.34. The number of aliphatic carboxylic acids is 1. The van der Waals surface area contributed by atoms with Crippen LogP contribution in [0, 0.1) is 0 Å². The molecule has 4 heteroatoms. The first-order valence-corrected chi connectivity index (χ1v) is 5.99. The maximum absolute atomic E-state index is 10.2. The van der Waals surface area contributed by atoms with E-state index in [1.807, 2.05) is 0 Å². The second-order valence-electron chi connectivity index (χ2n) is 3.97. The predicted molar refractivity (Wildman–Crippen MR) is 66.6 cm³/mol. The molecular formula is C12H25CuNaO2. The zero-order valence-electron chi connectivity index (χ0n) is 9.73. The average Bonchev–Trinajstić information content (AvgIpc) is 2.15. The van der Waals surface area contributed by atoms with Gasteiger partial charge in [0.25, 0.3) is 0 Å². The van der Waals surface area contributed by atoms with Crippen molar-refractivity contribution in [2.24, 2.45) is 0 Å². The SMILES string of the molecule is CCCCCCCCCCCC(=O)O.[Cu].[NaH]. The van der Waals surface area contributed by atoms with Crippen LogP contribution in [-0.4, -0.2) is 40.6 Å². The van der Waals surface area contributed by atoms with Crippen molar-refractivity contribution in [3.05, 3.63) is 0 Å². The Hall–Kier alpha value is 0.989. The number of carbonyl (C=O) groups is 1. The Labute approximate surface area is 133 Å². The molecular weight excluding hydrogens is 263 g/mol. The van der Waals surface area contributed by atoms with Gasteiger partial charge in [0.2, 0.25) is 0 Å². The van der Waals surface area contributed by atoms with Gasteiger partial charge in [0.15, 0.2) is 0 Å². The fourth-order valence-corrected chi connectivity index (χ4v) is 1.59. The van der Waals surface area contributed by atoms with Crippen LogP contribution >= 0.6 is 0 Å². The van der Waals surface area contributed by atoms with E-state index in [-0.39, 0.29) is 46.6 Å². The van der Waals surface area contributed by atoms with Gasteiger partial charge in [0, 0.05) is 23.5 Å². The number of unbranched alkanes of at least 4 members (excludes halogenated alkanes) is 8. The summed E-state index contributed by atoms with van der Waals surface area (Å²) in [5.74, 6) is -0.659. The third kappa shape index (κ3) is 20.4. The molecule has 16 heavy (non-hydrogen) atoms. The number of carboxylic acids is 1. The van der Waals surface area contributed by atoms with Gasteiger partial charge in [-0.2, -0.15) is 0 Å². The molecule has 0 saturated heterocycles. The minimum absolute atomic E-state index is 0. The molecule has 1 N–H and O–H groups in total. The Bertz CT molecular complexity index is 143. The summed E-state index contributed by atoms with van der Waals surface area (Å²) in [6, 6.07) is 0. The summed E-state index contributed by atoms with van der Waals surface area (Å²) in [4.78, 5) is 10.2. The van der Waals surface area contributed by atoms with E-state index in [2.05, 4.69) is 6.92 Å². The molecule has 0 atom stereocenters. The van der Waals surface area contributed by atoms with Crippen LogP contribution in [0.4, 0.5) is 0 Å². The first-order valence-electron chi connectivity index (χ1n) is 5.99. The van der Waals surface area contributed by atoms with Crippen molar-refractivity contribution < 1.29 is 27.0 Å². The van der Waals surface area contributed by atoms with E-state index in [9.17, 15) is 4.79 Å². The molecule has 1 radical (unpaired) electrons. The fraction of sp³-hybridized carbons (Fsp3) is 0.917. The van der Waals surface area contributed by atoms with Crippen LogP contribution in [0.5, 0.6) is 0 Å². The molecule has 0 aliphatic rings. The van der Waals surface area contributed by atoms with Crippen LogP contribution in [-0.2, 0) is 21.9 Å². The zero-order valence-corrected chi connectivity index (χ0v) is 10.7. The van der Waals surface area contributed by atoms with E-state index in [0.29, 0.717) is 6.42 Å². The molecule has 0 rings (SSSR count). The molecule has 0 aliphatic heterocycles. The fourth-order valence-electron chi connectivity index (χ4n) is 1.59. The third-order valence-electron chi connectivity index (χ3n) is 2.49. The summed E-state index contributed by atoms with van der Waals surface area (Å²) in [6.45, 7) is 2.23. The molecule has 2 nitrogen and oxygen atoms in total. The van der Waals surface area contributed by atoms with Crippen LogP contribution in [0.3, 0.4) is 0 Å². The first-order chi connectivity index (χ1) is 6.77. The molecule has 0 unspecified atom stereocenters. The van der Waals surface area contributed by atoms with Crippen LogP contribution in [0.2, 0.25) is 0 Å². The van der Waals surface area contributed by atoms with E-state index in [1.165, 1.54) is 44.9 Å². The normalized spacial score (nSPS) is 9.06. The average molecular weight is 288 g/mol. The second kappa shape index (κ2) is 18.4. The molecule has 0 bridgehead atoms. The Morgan fingerprint density at radius 1 is 0.875 bits per heavy atom. The second-order valence-corrected chi connectivity index (χ2v) is 3.97. The first kappa shape index (κ1) is 22.2. The van der Waals surface area contributed by atoms with Gasteiger partial charge >= 0.3 is 35.5 Å². The number of carboxylic acid groups (broad SMARTS) is 1. The summed E-state index contributed by atoms with van der Waals surface area (Å²) >= 11 is 0. The summed E-state index contributed by atoms with van der Waals surface area (Å²) in [5.41, 5.74) is 0. The van der Waals surface area contributed by atoms with Crippen molar-refractivity contribution in [3.63, 3.8) is 0 Å². The Morgan fingerprint density at radius 3 is 1.62 bits per heavy atom. The van der Waals surface area contributed by atoms with Gasteiger partial charge in [-0.05, 0) is 6.42 Å². The molecule has 0 fully saturated rings. The minimum atomic E-state index is -0.659. The third-order valence-corrected chi connectivity index (χ3v) is 2.49. The van der Waals surface area contributed by atoms with Crippen molar-refractivity contribution in [2.45, 2.75) is 71.1 Å². The van der Waals surface area contributed by atoms with Gasteiger partial charge in [-0.15, -0.1) is 0 Å². The van der Waals surface area contributed by atoms with Crippen LogP contribution in [0.15, 0.2) is 0 Å². The van der Waals surface area contributed by atoms with Crippen LogP contribution < -0.4 is 0 Å². The van der Waals surface area contributed by atoms with E-state index >= 15 is 0 Å². The topological polar surface area (TPSA) is 37.3 Å². The summed E-state index contributed by atoms with van der Waals surface area (Å²) in [6.07, 6.45) is 11.5. The van der Waals surface area contributed by atoms with Gasteiger partial charge in [0.1, 0.15) is 0 Å². The van der Waals surface area contributed by atoms with Gasteiger partial charge in [0.05, 0.1) is 0 Å². The van der Waals surface area contributed by atoms with Gasteiger partial charge < -0.3 is 5.11 Å². The monoisotopic (exact) mass is 287 g/mol. The Balaban J connectivity index is -0.000000845. The Kier molecular flexibility index (Phi) is 25.5. The standard InChI is InChI=1S/C12H24O2.Cu.Na.H/c1-2-3-4-5-6-7-8-9-10-11-12(13)14;;;/h2-11H2,1H3,(H,13,14);;;. The van der Waals surface area contributed by atoms with E-state index in [0.717, 1.165) is 12.8 Å². The van der Waals surface area contributed by atoms with Crippen molar-refractivity contribution in [3.8, 4) is 0 Å². The maximum atomic E-state index is 10.2. The van der Waals surface area contributed by atoms with Crippen LogP contribution in [0.25, 0.3) is 0 Å². The molecule has 97 valence electrons. The number of hydrogen-bond acceptors (Lipinski definition) is 1. The van der Waals surface area contributed by atoms with Crippen molar-refractivity contribution in [1.82, 2.24) is 0 Å². The molecule has 0 aromatic carbocycles. The van der Waals surface area contributed by atoms with Gasteiger partial charge in [-0.25, -0.2) is 0 Å². The van der Waals surface area contributed by atoms with Gasteiger partial charge in [-0.3, -0.25) is 4.79 Å². The molecule has 0 aromatic rings. The molecule has 0 aliphatic carbocycles.